The lowest BCUT2D eigenvalue weighted by molar-refractivity contribution is 0.631. The van der Waals surface area contributed by atoms with Gasteiger partial charge in [0.25, 0.3) is 0 Å². The van der Waals surface area contributed by atoms with Crippen LogP contribution in [0.25, 0.3) is 98.5 Å². The summed E-state index contributed by atoms with van der Waals surface area (Å²) >= 11 is 0. The van der Waals surface area contributed by atoms with E-state index in [4.69, 9.17) is 4.42 Å². The number of aromatic nitrogens is 2. The SMILES string of the molecule is CC1(C)c2ccccc2N(c2ccc3c(=O)c4ccccc4oc3c2)c2ccccc21.Cc1ccc(N(c2ccc(C)cc2)c2c3ccccc3c(N(c3ccc(C)cc3)c3ccc(C)cc3)c3ccccc23)cc1.c1cc(-n2c3ccccc3c3ccccc32)cc(-n2c3ccccc3c3ccccc32)c1. The van der Waals surface area contributed by atoms with Crippen molar-refractivity contribution < 1.29 is 4.42 Å². The molecule has 0 spiro atoms. The van der Waals surface area contributed by atoms with E-state index in [1.54, 1.807) is 0 Å². The molecule has 1 aliphatic heterocycles. The van der Waals surface area contributed by atoms with Crippen LogP contribution in [0.3, 0.4) is 0 Å². The maximum absolute atomic E-state index is 13.0. The van der Waals surface area contributed by atoms with Crippen LogP contribution in [-0.2, 0) is 5.41 Å². The second-order valence-corrected chi connectivity index (χ2v) is 28.7. The van der Waals surface area contributed by atoms with Gasteiger partial charge in [0, 0.05) is 94.4 Å². The van der Waals surface area contributed by atoms with Crippen molar-refractivity contribution in [1.29, 1.82) is 0 Å². The standard InChI is InChI=1S/C42H36N2.C30H20N2.C28H21NO2/c1-29-13-21-33(22-14-29)43(34-23-15-30(2)16-24-34)41-37-9-5-7-11-39(37)42(40-12-8-6-10-38(40)41)44(35-25-17-31(3)18-26-35)36-27-19-32(4)20-28-36;1-5-16-27-23(12-1)24-13-2-6-17-28(24)31(27)21-10-9-11-22(20-21)32-29-18-7-3-14-25(29)26-15-4-8-19-30(26)32;1-28(2)21-10-4-6-12-23(21)29(24-13-7-5-11-22(24)28)18-15-16-20-26(17-18)31-25-14-8-3-9-19(25)27(20)30/h5-28H,1-4H3;1-20H;3-17H,1-2H3. The van der Waals surface area contributed by atoms with E-state index in [0.29, 0.717) is 21.9 Å². The molecule has 0 radical (unpaired) electrons. The number of para-hydroxylation sites is 7. The lowest BCUT2D eigenvalue weighted by Crippen LogP contribution is -2.30. The van der Waals surface area contributed by atoms with Crippen LogP contribution in [0.4, 0.5) is 51.2 Å². The predicted molar refractivity (Wildman–Crippen MR) is 452 cm³/mol. The molecule has 7 nitrogen and oxygen atoms in total. The molecule has 20 rings (SSSR count). The van der Waals surface area contributed by atoms with Crippen molar-refractivity contribution in [2.75, 3.05) is 14.7 Å². The molecule has 0 saturated heterocycles. The topological polar surface area (TPSA) is 49.8 Å². The normalized spacial score (nSPS) is 12.3. The van der Waals surface area contributed by atoms with Gasteiger partial charge in [0.1, 0.15) is 11.2 Å². The first-order chi connectivity index (χ1) is 52.4. The number of hydrogen-bond acceptors (Lipinski definition) is 5. The lowest BCUT2D eigenvalue weighted by atomic mass is 9.73. The fourth-order valence-corrected chi connectivity index (χ4v) is 16.2. The highest BCUT2D eigenvalue weighted by Gasteiger charge is 2.37. The zero-order chi connectivity index (χ0) is 72.4. The quantitative estimate of drug-likeness (QED) is 0.106. The van der Waals surface area contributed by atoms with Gasteiger partial charge in [0.05, 0.1) is 55.6 Å². The van der Waals surface area contributed by atoms with Crippen LogP contribution in [0, 0.1) is 27.7 Å². The fourth-order valence-electron chi connectivity index (χ4n) is 16.2. The van der Waals surface area contributed by atoms with E-state index in [-0.39, 0.29) is 10.8 Å². The molecule has 514 valence electrons. The first kappa shape index (κ1) is 65.5. The van der Waals surface area contributed by atoms with E-state index in [0.717, 1.165) is 39.8 Å². The van der Waals surface area contributed by atoms with Crippen LogP contribution in [0.1, 0.15) is 47.2 Å². The third kappa shape index (κ3) is 11.5. The van der Waals surface area contributed by atoms with Crippen LogP contribution >= 0.6 is 0 Å². The smallest absolute Gasteiger partial charge is 0.200 e. The minimum Gasteiger partial charge on any atom is -0.456 e. The molecule has 0 atom stereocenters. The third-order valence-electron chi connectivity index (χ3n) is 21.5. The van der Waals surface area contributed by atoms with Gasteiger partial charge in [-0.15, -0.1) is 0 Å². The van der Waals surface area contributed by atoms with E-state index < -0.39 is 0 Å². The molecule has 0 amide bonds. The lowest BCUT2D eigenvalue weighted by Gasteiger charge is -2.42. The number of nitrogens with zero attached hydrogens (tertiary/aromatic N) is 5. The molecule has 1 aliphatic rings. The minimum atomic E-state index is -0.108. The number of rotatable bonds is 9. The van der Waals surface area contributed by atoms with Crippen LogP contribution in [0.15, 0.2) is 367 Å². The predicted octanol–water partition coefficient (Wildman–Crippen LogP) is 27.1. The highest BCUT2D eigenvalue weighted by atomic mass is 16.3. The highest BCUT2D eigenvalue weighted by molar-refractivity contribution is 6.23. The molecule has 0 N–H and O–H groups in total. The number of fused-ring (bicyclic) bond motifs is 12. The van der Waals surface area contributed by atoms with Crippen molar-refractivity contribution in [3.05, 3.63) is 402 Å². The van der Waals surface area contributed by atoms with Gasteiger partial charge in [-0.1, -0.05) is 261 Å². The van der Waals surface area contributed by atoms with E-state index in [9.17, 15) is 4.79 Å². The van der Waals surface area contributed by atoms with Gasteiger partial charge in [-0.2, -0.15) is 0 Å². The third-order valence-corrected chi connectivity index (χ3v) is 21.5. The summed E-state index contributed by atoms with van der Waals surface area (Å²) in [6.07, 6.45) is 0. The van der Waals surface area contributed by atoms with Gasteiger partial charge in [0.15, 0.2) is 0 Å². The summed E-state index contributed by atoms with van der Waals surface area (Å²) in [5.74, 6) is 0. The Kier molecular flexibility index (Phi) is 16.5. The Morgan fingerprint density at radius 3 is 0.953 bits per heavy atom. The van der Waals surface area contributed by atoms with Crippen molar-refractivity contribution in [3.63, 3.8) is 0 Å². The maximum Gasteiger partial charge on any atom is 0.200 e. The van der Waals surface area contributed by atoms with Crippen molar-refractivity contribution in [2.24, 2.45) is 0 Å². The Bertz CT molecular complexity index is 6100. The first-order valence-electron chi connectivity index (χ1n) is 36.8. The molecule has 3 aromatic heterocycles. The van der Waals surface area contributed by atoms with Crippen LogP contribution in [0.2, 0.25) is 0 Å². The van der Waals surface area contributed by atoms with Gasteiger partial charge < -0.3 is 28.3 Å². The van der Waals surface area contributed by atoms with Gasteiger partial charge in [0.2, 0.25) is 5.43 Å². The van der Waals surface area contributed by atoms with Crippen LogP contribution < -0.4 is 20.1 Å². The van der Waals surface area contributed by atoms with E-state index in [1.165, 1.54) is 121 Å². The number of aryl methyl sites for hydroxylation is 4. The Balaban J connectivity index is 0.000000116. The minimum absolute atomic E-state index is 0.00368. The summed E-state index contributed by atoms with van der Waals surface area (Å²) < 4.78 is 10.9. The zero-order valence-electron chi connectivity index (χ0n) is 60.6. The Hall–Kier alpha value is -13.5. The average molecular weight is 1380 g/mol. The number of hydrogen-bond donors (Lipinski definition) is 0. The molecule has 16 aromatic carbocycles. The molecule has 0 unspecified atom stereocenters. The summed E-state index contributed by atoms with van der Waals surface area (Å²) in [4.78, 5) is 20.1. The molecule has 0 fully saturated rings. The summed E-state index contributed by atoms with van der Waals surface area (Å²) in [7, 11) is 0. The average Bonchev–Trinajstić information content (AvgIpc) is 1.62. The Morgan fingerprint density at radius 2 is 0.579 bits per heavy atom. The van der Waals surface area contributed by atoms with Crippen LogP contribution in [0.5, 0.6) is 0 Å². The fraction of sp³-hybridized carbons (Fsp3) is 0.0700. The van der Waals surface area contributed by atoms with Crippen molar-refractivity contribution in [2.45, 2.75) is 47.0 Å². The van der Waals surface area contributed by atoms with E-state index >= 15 is 0 Å². The molecule has 7 heteroatoms. The molecular weight excluding hydrogens is 1300 g/mol. The molecule has 0 saturated carbocycles. The van der Waals surface area contributed by atoms with E-state index in [1.807, 2.05) is 42.5 Å². The summed E-state index contributed by atoms with van der Waals surface area (Å²) in [6.45, 7) is 13.1. The monoisotopic (exact) mass is 1380 g/mol. The molecule has 4 heterocycles. The molecule has 0 aliphatic carbocycles. The van der Waals surface area contributed by atoms with Crippen molar-refractivity contribution in [3.8, 4) is 11.4 Å². The highest BCUT2D eigenvalue weighted by Crippen LogP contribution is 2.54. The van der Waals surface area contributed by atoms with E-state index in [2.05, 4.69) is 381 Å². The first-order valence-corrected chi connectivity index (χ1v) is 36.8. The summed E-state index contributed by atoms with van der Waals surface area (Å²) in [5, 5.41) is 11.1. The second kappa shape index (κ2) is 27.0. The molecule has 0 bridgehead atoms. The van der Waals surface area contributed by atoms with Gasteiger partial charge in [-0.25, -0.2) is 0 Å². The number of anilines is 9. The largest absolute Gasteiger partial charge is 0.456 e. The zero-order valence-corrected chi connectivity index (χ0v) is 60.6. The second-order valence-electron chi connectivity index (χ2n) is 28.7. The van der Waals surface area contributed by atoms with Gasteiger partial charge in [-0.3, -0.25) is 4.79 Å². The summed E-state index contributed by atoms with van der Waals surface area (Å²) in [5.41, 5.74) is 26.1. The molecular formula is C100H77N5O2. The van der Waals surface area contributed by atoms with Gasteiger partial charge in [-0.05, 0) is 166 Å². The Morgan fingerprint density at radius 1 is 0.271 bits per heavy atom. The Labute approximate surface area is 622 Å². The van der Waals surface area contributed by atoms with Crippen molar-refractivity contribution >= 4 is 138 Å². The molecule has 107 heavy (non-hydrogen) atoms. The summed E-state index contributed by atoms with van der Waals surface area (Å²) in [6, 6.07) is 127. The van der Waals surface area contributed by atoms with Gasteiger partial charge >= 0.3 is 0 Å². The van der Waals surface area contributed by atoms with Crippen molar-refractivity contribution in [1.82, 2.24) is 9.13 Å². The molecule has 19 aromatic rings. The number of benzene rings is 16. The maximum atomic E-state index is 13.0. The van der Waals surface area contributed by atoms with Crippen LogP contribution in [-0.4, -0.2) is 9.13 Å².